The molecule has 0 saturated heterocycles. The van der Waals surface area contributed by atoms with Gasteiger partial charge in [-0.25, -0.2) is 14.6 Å². The van der Waals surface area contributed by atoms with Crippen LogP contribution >= 0.6 is 22.9 Å². The number of esters is 1. The number of nitrogens with one attached hydrogen (secondary N) is 2. The van der Waals surface area contributed by atoms with Gasteiger partial charge in [-0.1, -0.05) is 23.7 Å². The van der Waals surface area contributed by atoms with Crippen LogP contribution in [-0.4, -0.2) is 35.5 Å². The Hall–Kier alpha value is -2.45. The molecule has 2 rings (SSSR count). The van der Waals surface area contributed by atoms with Gasteiger partial charge in [0.15, 0.2) is 6.61 Å². The first-order valence-electron chi connectivity index (χ1n) is 7.77. The van der Waals surface area contributed by atoms with E-state index in [4.69, 9.17) is 16.3 Å². The van der Waals surface area contributed by atoms with Crippen molar-refractivity contribution in [2.24, 2.45) is 0 Å². The van der Waals surface area contributed by atoms with E-state index in [9.17, 15) is 14.4 Å². The number of halogens is 1. The van der Waals surface area contributed by atoms with Gasteiger partial charge in [-0.2, -0.15) is 0 Å². The Labute approximate surface area is 159 Å². The van der Waals surface area contributed by atoms with Crippen LogP contribution in [0.4, 0.5) is 4.79 Å². The zero-order valence-electron chi connectivity index (χ0n) is 14.5. The van der Waals surface area contributed by atoms with Crippen molar-refractivity contribution in [2.45, 2.75) is 26.8 Å². The van der Waals surface area contributed by atoms with Crippen LogP contribution in [0.15, 0.2) is 24.3 Å². The molecule has 0 saturated carbocycles. The van der Waals surface area contributed by atoms with Crippen LogP contribution in [0, 0.1) is 6.92 Å². The molecule has 0 aliphatic heterocycles. The average molecular weight is 396 g/mol. The number of benzene rings is 1. The van der Waals surface area contributed by atoms with Crippen LogP contribution in [0.1, 0.15) is 29.2 Å². The van der Waals surface area contributed by atoms with Crippen molar-refractivity contribution in [3.63, 3.8) is 0 Å². The Bertz CT molecular complexity index is 835. The Balaban J connectivity index is 1.98. The summed E-state index contributed by atoms with van der Waals surface area (Å²) in [5, 5.41) is 5.76. The number of rotatable bonds is 5. The number of urea groups is 1. The fraction of sp³-hybridized carbons (Fsp3) is 0.294. The lowest BCUT2D eigenvalue weighted by Crippen LogP contribution is -2.44. The van der Waals surface area contributed by atoms with Gasteiger partial charge in [0.1, 0.15) is 9.88 Å². The summed E-state index contributed by atoms with van der Waals surface area (Å²) in [6.45, 7) is 4.63. The van der Waals surface area contributed by atoms with Gasteiger partial charge in [0.05, 0.1) is 5.69 Å². The lowest BCUT2D eigenvalue weighted by Gasteiger charge is -2.09. The number of aryl methyl sites for hydroxylation is 1. The van der Waals surface area contributed by atoms with Gasteiger partial charge in [-0.15, -0.1) is 11.3 Å². The van der Waals surface area contributed by atoms with Crippen molar-refractivity contribution in [1.82, 2.24) is 15.6 Å². The fourth-order valence-electron chi connectivity index (χ4n) is 1.99. The summed E-state index contributed by atoms with van der Waals surface area (Å²) < 4.78 is 4.96. The molecule has 1 heterocycles. The first-order chi connectivity index (χ1) is 12.3. The number of nitrogens with zero attached hydrogens (tertiary/aromatic N) is 1. The zero-order chi connectivity index (χ0) is 19.3. The molecule has 0 aliphatic carbocycles. The molecular weight excluding hydrogens is 378 g/mol. The third kappa shape index (κ3) is 5.53. The number of hydrogen-bond donors (Lipinski definition) is 2. The average Bonchev–Trinajstić information content (AvgIpc) is 2.93. The maximum absolute atomic E-state index is 12.2. The molecule has 1 aromatic carbocycles. The minimum absolute atomic E-state index is 0.116. The topological polar surface area (TPSA) is 97.4 Å². The molecule has 2 N–H and O–H groups in total. The smallest absolute Gasteiger partial charge is 0.350 e. The van der Waals surface area contributed by atoms with Gasteiger partial charge in [0, 0.05) is 16.6 Å². The molecule has 0 atom stereocenters. The first-order valence-corrected chi connectivity index (χ1v) is 8.96. The molecule has 0 unspecified atom stereocenters. The van der Waals surface area contributed by atoms with E-state index in [1.807, 2.05) is 6.07 Å². The van der Waals surface area contributed by atoms with E-state index in [0.29, 0.717) is 20.6 Å². The summed E-state index contributed by atoms with van der Waals surface area (Å²) in [5.41, 5.74) is 1.28. The molecule has 138 valence electrons. The van der Waals surface area contributed by atoms with Gasteiger partial charge >= 0.3 is 12.0 Å². The highest BCUT2D eigenvalue weighted by atomic mass is 35.5. The standard InChI is InChI=1S/C17H18ClN3O4S/c1-9(2)19-17(24)21-13(22)8-25-16(23)14-10(3)20-15(26-14)11-5-4-6-12(18)7-11/h4-7,9H,8H2,1-3H3,(H2,19,21,22,24). The number of carbonyl (C=O) groups is 3. The van der Waals surface area contributed by atoms with Crippen molar-refractivity contribution in [2.75, 3.05) is 6.61 Å². The third-order valence-corrected chi connectivity index (χ3v) is 4.48. The van der Waals surface area contributed by atoms with Gasteiger partial charge < -0.3 is 10.1 Å². The number of carbonyl (C=O) groups excluding carboxylic acids is 3. The number of imide groups is 1. The molecule has 7 nitrogen and oxygen atoms in total. The first kappa shape index (κ1) is 19.9. The maximum Gasteiger partial charge on any atom is 0.350 e. The van der Waals surface area contributed by atoms with E-state index in [0.717, 1.165) is 16.9 Å². The molecule has 26 heavy (non-hydrogen) atoms. The van der Waals surface area contributed by atoms with E-state index in [-0.39, 0.29) is 6.04 Å². The summed E-state index contributed by atoms with van der Waals surface area (Å²) >= 11 is 7.12. The SMILES string of the molecule is Cc1nc(-c2cccc(Cl)c2)sc1C(=O)OCC(=O)NC(=O)NC(C)C. The van der Waals surface area contributed by atoms with Crippen LogP contribution in [0.3, 0.4) is 0 Å². The number of aromatic nitrogens is 1. The minimum Gasteiger partial charge on any atom is -0.451 e. The summed E-state index contributed by atoms with van der Waals surface area (Å²) in [7, 11) is 0. The maximum atomic E-state index is 12.2. The van der Waals surface area contributed by atoms with Crippen molar-refractivity contribution in [1.29, 1.82) is 0 Å². The molecule has 0 radical (unpaired) electrons. The molecule has 0 fully saturated rings. The third-order valence-electron chi connectivity index (χ3n) is 3.06. The summed E-state index contributed by atoms with van der Waals surface area (Å²) in [5.74, 6) is -1.39. The molecule has 9 heteroatoms. The monoisotopic (exact) mass is 395 g/mol. The predicted molar refractivity (Wildman–Crippen MR) is 99.4 cm³/mol. The Morgan fingerprint density at radius 2 is 2.04 bits per heavy atom. The van der Waals surface area contributed by atoms with E-state index >= 15 is 0 Å². The highest BCUT2D eigenvalue weighted by molar-refractivity contribution is 7.17. The quantitative estimate of drug-likeness (QED) is 0.758. The summed E-state index contributed by atoms with van der Waals surface area (Å²) in [4.78, 5) is 39.9. The molecule has 1 aromatic heterocycles. The van der Waals surface area contributed by atoms with E-state index in [2.05, 4.69) is 15.6 Å². The van der Waals surface area contributed by atoms with Crippen molar-refractivity contribution < 1.29 is 19.1 Å². The van der Waals surface area contributed by atoms with Gasteiger partial charge in [-0.05, 0) is 32.9 Å². The van der Waals surface area contributed by atoms with Gasteiger partial charge in [0.25, 0.3) is 5.91 Å². The van der Waals surface area contributed by atoms with Crippen molar-refractivity contribution in [3.05, 3.63) is 39.9 Å². The molecule has 0 aliphatic rings. The molecular formula is C17H18ClN3O4S. The largest absolute Gasteiger partial charge is 0.451 e. The van der Waals surface area contributed by atoms with Crippen LogP contribution in [-0.2, 0) is 9.53 Å². The summed E-state index contributed by atoms with van der Waals surface area (Å²) in [6.07, 6.45) is 0. The molecule has 0 spiro atoms. The minimum atomic E-state index is -0.714. The zero-order valence-corrected chi connectivity index (χ0v) is 16.0. The highest BCUT2D eigenvalue weighted by Gasteiger charge is 2.19. The lowest BCUT2D eigenvalue weighted by molar-refractivity contribution is -0.123. The second-order valence-electron chi connectivity index (χ2n) is 5.70. The molecule has 2 aromatic rings. The molecule has 3 amide bonds. The van der Waals surface area contributed by atoms with E-state index in [1.165, 1.54) is 0 Å². The Kier molecular flexibility index (Phi) is 6.70. The second-order valence-corrected chi connectivity index (χ2v) is 7.13. The van der Waals surface area contributed by atoms with E-state index < -0.39 is 24.5 Å². The van der Waals surface area contributed by atoms with Crippen LogP contribution in [0.2, 0.25) is 5.02 Å². The Morgan fingerprint density at radius 1 is 1.31 bits per heavy atom. The predicted octanol–water partition coefficient (Wildman–Crippen LogP) is 3.16. The highest BCUT2D eigenvalue weighted by Crippen LogP contribution is 2.29. The van der Waals surface area contributed by atoms with E-state index in [1.54, 1.807) is 39.0 Å². The number of hydrogen-bond acceptors (Lipinski definition) is 6. The van der Waals surface area contributed by atoms with Crippen molar-refractivity contribution in [3.8, 4) is 10.6 Å². The van der Waals surface area contributed by atoms with Gasteiger partial charge in [0.2, 0.25) is 0 Å². The Morgan fingerprint density at radius 3 is 2.69 bits per heavy atom. The van der Waals surface area contributed by atoms with Crippen LogP contribution in [0.25, 0.3) is 10.6 Å². The molecule has 0 bridgehead atoms. The number of amides is 3. The van der Waals surface area contributed by atoms with Crippen molar-refractivity contribution >= 4 is 40.8 Å². The number of thiazole rings is 1. The summed E-state index contributed by atoms with van der Waals surface area (Å²) in [6, 6.07) is 6.36. The fourth-order valence-corrected chi connectivity index (χ4v) is 3.14. The van der Waals surface area contributed by atoms with Crippen LogP contribution in [0.5, 0.6) is 0 Å². The lowest BCUT2D eigenvalue weighted by atomic mass is 10.2. The van der Waals surface area contributed by atoms with Gasteiger partial charge in [-0.3, -0.25) is 10.1 Å². The second kappa shape index (κ2) is 8.77. The van der Waals surface area contributed by atoms with Crippen LogP contribution < -0.4 is 10.6 Å². The number of ether oxygens (including phenoxy) is 1. The normalized spacial score (nSPS) is 10.5.